The van der Waals surface area contributed by atoms with E-state index in [2.05, 4.69) is 16.3 Å². The second-order valence-electron chi connectivity index (χ2n) is 4.78. The number of rotatable bonds is 7. The Morgan fingerprint density at radius 3 is 2.74 bits per heavy atom. The summed E-state index contributed by atoms with van der Waals surface area (Å²) in [5, 5.41) is 12.1. The lowest BCUT2D eigenvalue weighted by Gasteiger charge is -2.35. The van der Waals surface area contributed by atoms with Crippen LogP contribution in [-0.4, -0.2) is 61.7 Å². The van der Waals surface area contributed by atoms with Gasteiger partial charge in [-0.05, 0) is 25.5 Å². The fourth-order valence-corrected chi connectivity index (χ4v) is 2.82. The highest BCUT2D eigenvalue weighted by atomic mass is 32.2. The second kappa shape index (κ2) is 8.41. The molecule has 0 saturated carbocycles. The molecule has 0 unspecified atom stereocenters. The van der Waals surface area contributed by atoms with E-state index in [9.17, 15) is 10.1 Å². The van der Waals surface area contributed by atoms with Gasteiger partial charge in [0.25, 0.3) is 0 Å². The number of ether oxygens (including phenoxy) is 1. The van der Waals surface area contributed by atoms with Crippen molar-refractivity contribution in [2.24, 2.45) is 0 Å². The molecule has 0 aromatic carbocycles. The number of nitrogens with one attached hydrogen (secondary N) is 1. The summed E-state index contributed by atoms with van der Waals surface area (Å²) in [6.45, 7) is 3.40. The summed E-state index contributed by atoms with van der Waals surface area (Å²) in [4.78, 5) is 13.8. The van der Waals surface area contributed by atoms with Crippen molar-refractivity contribution in [2.45, 2.75) is 24.0 Å². The zero-order valence-electron chi connectivity index (χ0n) is 11.8. The maximum atomic E-state index is 11.7. The number of carbonyl (C=O) groups excluding carboxylic acids is 1. The molecule has 0 aromatic heterocycles. The van der Waals surface area contributed by atoms with Gasteiger partial charge in [-0.25, -0.2) is 0 Å². The van der Waals surface area contributed by atoms with Crippen LogP contribution >= 0.6 is 11.8 Å². The fourth-order valence-electron chi connectivity index (χ4n) is 2.14. The van der Waals surface area contributed by atoms with Crippen molar-refractivity contribution >= 4 is 17.7 Å². The van der Waals surface area contributed by atoms with Gasteiger partial charge in [-0.1, -0.05) is 0 Å². The van der Waals surface area contributed by atoms with Crippen LogP contribution in [0.2, 0.25) is 0 Å². The molecule has 1 amide bonds. The van der Waals surface area contributed by atoms with E-state index in [0.29, 0.717) is 19.7 Å². The SMILES string of the molecule is COCCCNC(=O)CN1CCC(C#N)(SC)CC1. The largest absolute Gasteiger partial charge is 0.385 e. The maximum absolute atomic E-state index is 11.7. The number of amides is 1. The number of hydrogen-bond donors (Lipinski definition) is 1. The normalized spacial score (nSPS) is 18.8. The van der Waals surface area contributed by atoms with Crippen LogP contribution in [0, 0.1) is 11.3 Å². The molecule has 0 atom stereocenters. The van der Waals surface area contributed by atoms with Gasteiger partial charge in [0.1, 0.15) is 4.75 Å². The summed E-state index contributed by atoms with van der Waals surface area (Å²) in [5.74, 6) is 0.0599. The van der Waals surface area contributed by atoms with Gasteiger partial charge in [0.05, 0.1) is 12.6 Å². The highest BCUT2D eigenvalue weighted by Gasteiger charge is 2.34. The van der Waals surface area contributed by atoms with Crippen LogP contribution in [0.3, 0.4) is 0 Å². The number of likely N-dealkylation sites (tertiary alicyclic amines) is 1. The van der Waals surface area contributed by atoms with Gasteiger partial charge in [-0.2, -0.15) is 5.26 Å². The van der Waals surface area contributed by atoms with Crippen LogP contribution < -0.4 is 5.32 Å². The second-order valence-corrected chi connectivity index (χ2v) is 5.97. The van der Waals surface area contributed by atoms with Crippen LogP contribution in [0.15, 0.2) is 0 Å². The quantitative estimate of drug-likeness (QED) is 0.703. The van der Waals surface area contributed by atoms with Crippen molar-refractivity contribution in [3.63, 3.8) is 0 Å². The molecular weight excluding hydrogens is 262 g/mol. The van der Waals surface area contributed by atoms with E-state index < -0.39 is 0 Å². The summed E-state index contributed by atoms with van der Waals surface area (Å²) < 4.78 is 4.68. The summed E-state index contributed by atoms with van der Waals surface area (Å²) in [6, 6.07) is 2.41. The van der Waals surface area contributed by atoms with Crippen LogP contribution in [0.4, 0.5) is 0 Å². The molecule has 1 rings (SSSR count). The van der Waals surface area contributed by atoms with Gasteiger partial charge in [-0.15, -0.1) is 11.8 Å². The summed E-state index contributed by atoms with van der Waals surface area (Å²) in [5.41, 5.74) is 0. The lowest BCUT2D eigenvalue weighted by atomic mass is 9.97. The average molecular weight is 285 g/mol. The smallest absolute Gasteiger partial charge is 0.234 e. The first-order chi connectivity index (χ1) is 9.15. The number of carbonyl (C=O) groups is 1. The zero-order chi connectivity index (χ0) is 14.1. The van der Waals surface area contributed by atoms with E-state index in [1.54, 1.807) is 18.9 Å². The van der Waals surface area contributed by atoms with E-state index >= 15 is 0 Å². The molecule has 0 aliphatic carbocycles. The summed E-state index contributed by atoms with van der Waals surface area (Å²) in [6.07, 6.45) is 4.50. The topological polar surface area (TPSA) is 65.4 Å². The third-order valence-electron chi connectivity index (χ3n) is 3.47. The minimum absolute atomic E-state index is 0.0599. The van der Waals surface area contributed by atoms with Crippen LogP contribution in [0.25, 0.3) is 0 Å². The standard InChI is InChI=1S/C13H23N3O2S/c1-18-9-3-6-15-12(17)10-16-7-4-13(11-14,19-2)5-8-16/h3-10H2,1-2H3,(H,15,17). The van der Waals surface area contributed by atoms with Crippen molar-refractivity contribution in [2.75, 3.05) is 46.2 Å². The molecule has 0 radical (unpaired) electrons. The molecule has 108 valence electrons. The highest BCUT2D eigenvalue weighted by molar-refractivity contribution is 8.00. The third kappa shape index (κ3) is 5.39. The highest BCUT2D eigenvalue weighted by Crippen LogP contribution is 2.33. The van der Waals surface area contributed by atoms with Crippen molar-refractivity contribution < 1.29 is 9.53 Å². The monoisotopic (exact) mass is 285 g/mol. The van der Waals surface area contributed by atoms with Crippen molar-refractivity contribution in [1.82, 2.24) is 10.2 Å². The van der Waals surface area contributed by atoms with E-state index in [4.69, 9.17) is 4.74 Å². The van der Waals surface area contributed by atoms with Crippen molar-refractivity contribution in [3.05, 3.63) is 0 Å². The first kappa shape index (κ1) is 16.3. The van der Waals surface area contributed by atoms with Gasteiger partial charge in [-0.3, -0.25) is 9.69 Å². The minimum atomic E-state index is -0.245. The predicted molar refractivity (Wildman–Crippen MR) is 77.0 cm³/mol. The predicted octanol–water partition coefficient (Wildman–Crippen LogP) is 0.860. The molecule has 1 fully saturated rings. The van der Waals surface area contributed by atoms with Gasteiger partial charge < -0.3 is 10.1 Å². The van der Waals surface area contributed by atoms with E-state index in [1.807, 2.05) is 6.26 Å². The Labute approximate surface area is 119 Å². The third-order valence-corrected chi connectivity index (χ3v) is 4.75. The van der Waals surface area contributed by atoms with Gasteiger partial charge in [0.15, 0.2) is 0 Å². The lowest BCUT2D eigenvalue weighted by molar-refractivity contribution is -0.122. The molecule has 1 heterocycles. The maximum Gasteiger partial charge on any atom is 0.234 e. The Hall–Kier alpha value is -0.770. The first-order valence-electron chi connectivity index (χ1n) is 6.60. The van der Waals surface area contributed by atoms with E-state index in [1.165, 1.54) is 0 Å². The van der Waals surface area contributed by atoms with Gasteiger partial charge >= 0.3 is 0 Å². The molecule has 6 heteroatoms. The van der Waals surface area contributed by atoms with Crippen LogP contribution in [0.5, 0.6) is 0 Å². The van der Waals surface area contributed by atoms with E-state index in [-0.39, 0.29) is 10.7 Å². The number of nitriles is 1. The molecule has 1 aliphatic heterocycles. The Morgan fingerprint density at radius 1 is 1.53 bits per heavy atom. The Balaban J connectivity index is 2.22. The minimum Gasteiger partial charge on any atom is -0.385 e. The number of hydrogen-bond acceptors (Lipinski definition) is 5. The Kier molecular flexibility index (Phi) is 7.21. The molecule has 19 heavy (non-hydrogen) atoms. The summed E-state index contributed by atoms with van der Waals surface area (Å²) in [7, 11) is 1.66. The molecule has 1 saturated heterocycles. The zero-order valence-corrected chi connectivity index (χ0v) is 12.6. The summed E-state index contributed by atoms with van der Waals surface area (Å²) >= 11 is 1.63. The number of piperidine rings is 1. The molecule has 0 aromatic rings. The molecule has 0 spiro atoms. The number of thioether (sulfide) groups is 1. The number of methoxy groups -OCH3 is 1. The van der Waals surface area contributed by atoms with Crippen LogP contribution in [-0.2, 0) is 9.53 Å². The molecule has 1 aliphatic rings. The average Bonchev–Trinajstić information content (AvgIpc) is 2.45. The molecular formula is C13H23N3O2S. The fraction of sp³-hybridized carbons (Fsp3) is 0.846. The molecule has 0 bridgehead atoms. The molecule has 1 N–H and O–H groups in total. The van der Waals surface area contributed by atoms with Crippen LogP contribution in [0.1, 0.15) is 19.3 Å². The van der Waals surface area contributed by atoms with Gasteiger partial charge in [0.2, 0.25) is 5.91 Å². The first-order valence-corrected chi connectivity index (χ1v) is 7.82. The Bertz CT molecular complexity index is 322. The van der Waals surface area contributed by atoms with E-state index in [0.717, 1.165) is 32.4 Å². The molecule has 5 nitrogen and oxygen atoms in total. The number of nitrogens with zero attached hydrogens (tertiary/aromatic N) is 2. The van der Waals surface area contributed by atoms with Gasteiger partial charge in [0, 0.05) is 33.4 Å². The van der Waals surface area contributed by atoms with Crippen molar-refractivity contribution in [3.8, 4) is 6.07 Å². The Morgan fingerprint density at radius 2 is 2.21 bits per heavy atom. The lowest BCUT2D eigenvalue weighted by Crippen LogP contribution is -2.45. The van der Waals surface area contributed by atoms with Crippen molar-refractivity contribution in [1.29, 1.82) is 5.26 Å².